The summed E-state index contributed by atoms with van der Waals surface area (Å²) in [7, 11) is 0. The Bertz CT molecular complexity index is 2330. The fraction of sp³-hybridized carbons (Fsp3) is 0.615. The number of nitrogens with two attached hydrogens (primary N) is 4. The highest BCUT2D eigenvalue weighted by Crippen LogP contribution is 2.23. The molecule has 0 aliphatic heterocycles. The Morgan fingerprint density at radius 2 is 1.29 bits per heavy atom. The van der Waals surface area contributed by atoms with Gasteiger partial charge in [-0.05, 0) is 63.5 Å². The fourth-order valence-electron chi connectivity index (χ4n) is 7.33. The van der Waals surface area contributed by atoms with E-state index in [1.54, 1.807) is 40.8 Å². The van der Waals surface area contributed by atoms with Crippen LogP contribution in [0.3, 0.4) is 0 Å². The number of aromatic nitrogens is 1. The van der Waals surface area contributed by atoms with Crippen LogP contribution in [0.25, 0.3) is 10.9 Å². The minimum atomic E-state index is -1.35. The van der Waals surface area contributed by atoms with Crippen LogP contribution in [0.1, 0.15) is 127 Å². The van der Waals surface area contributed by atoms with Gasteiger partial charge in [0.25, 0.3) is 0 Å². The van der Waals surface area contributed by atoms with E-state index >= 15 is 0 Å². The number of para-hydroxylation sites is 1. The van der Waals surface area contributed by atoms with Gasteiger partial charge in [0.15, 0.2) is 0 Å². The summed E-state index contributed by atoms with van der Waals surface area (Å²) in [4.78, 5) is 133. The number of hydrogen-bond donors (Lipinski definition) is 13. The number of hydrogen-bond acceptors (Lipinski definition) is 14. The normalized spacial score (nSPS) is 13.1. The summed E-state index contributed by atoms with van der Waals surface area (Å²) in [6.45, 7) is 18.6. The first kappa shape index (κ1) is 67.7. The number of rotatable bonds is 32. The molecule has 0 aliphatic carbocycles. The Labute approximate surface area is 452 Å². The molecule has 77 heavy (non-hydrogen) atoms. The molecular weight excluding hydrogens is 997 g/mol. The molecule has 25 heteroatoms. The van der Waals surface area contributed by atoms with Crippen molar-refractivity contribution in [1.82, 2.24) is 52.5 Å². The zero-order chi connectivity index (χ0) is 58.6. The average molecular weight is 1090 g/mol. The Hall–Kier alpha value is -7.28. The highest BCUT2D eigenvalue weighted by molar-refractivity contribution is 5.96. The molecule has 0 saturated heterocycles. The van der Waals surface area contributed by atoms with Gasteiger partial charge in [-0.1, -0.05) is 79.5 Å². The molecule has 1 unspecified atom stereocenters. The van der Waals surface area contributed by atoms with E-state index in [4.69, 9.17) is 22.0 Å². The lowest BCUT2D eigenvalue weighted by Crippen LogP contribution is -2.56. The van der Waals surface area contributed by atoms with Crippen LogP contribution in [0.15, 0.2) is 42.4 Å². The van der Waals surface area contributed by atoms with Crippen LogP contribution in [-0.4, -0.2) is 138 Å². The van der Waals surface area contributed by atoms with E-state index in [-0.39, 0.29) is 42.2 Å². The predicted octanol–water partition coefficient (Wildman–Crippen LogP) is -0.277. The number of unbranched alkanes of at least 4 members (excludes halogenated alkanes) is 1. The smallest absolute Gasteiger partial charge is 0.243 e. The van der Waals surface area contributed by atoms with Crippen LogP contribution in [0.2, 0.25) is 0 Å². The highest BCUT2D eigenvalue weighted by atomic mass is 16.5. The summed E-state index contributed by atoms with van der Waals surface area (Å²) in [6, 6.07) is 2.34. The first-order valence-electron chi connectivity index (χ1n) is 25.9. The van der Waals surface area contributed by atoms with Gasteiger partial charge in [0.1, 0.15) is 24.2 Å². The van der Waals surface area contributed by atoms with Crippen LogP contribution in [-0.2, 0) is 59.1 Å². The minimum Gasteiger partial charge on any atom is -0.403 e. The molecule has 2 rings (SSSR count). The molecule has 2 aromatic rings. The lowest BCUT2D eigenvalue weighted by molar-refractivity contribution is -0.142. The van der Waals surface area contributed by atoms with Crippen molar-refractivity contribution in [2.24, 2.45) is 34.4 Å². The average Bonchev–Trinajstić information content (AvgIpc) is 3.78. The largest absolute Gasteiger partial charge is 0.403 e. The Morgan fingerprint density at radius 3 is 1.82 bits per heavy atom. The molecule has 1 heterocycles. The Balaban J connectivity index is 0.00000564. The van der Waals surface area contributed by atoms with Gasteiger partial charge in [-0.15, -0.1) is 0 Å². The van der Waals surface area contributed by atoms with Crippen molar-refractivity contribution in [2.75, 3.05) is 32.8 Å². The van der Waals surface area contributed by atoms with Gasteiger partial charge in [0, 0.05) is 60.7 Å². The summed E-state index contributed by atoms with van der Waals surface area (Å²) in [6.07, 6.45) is 5.28. The maximum Gasteiger partial charge on any atom is 0.243 e. The van der Waals surface area contributed by atoms with E-state index < -0.39 is 115 Å². The number of nitrogens with zero attached hydrogens (tertiary/aromatic N) is 1. The number of carbonyl (C=O) groups excluding carboxylic acids is 10. The highest BCUT2D eigenvalue weighted by Gasteiger charge is 2.32. The van der Waals surface area contributed by atoms with E-state index in [0.717, 1.165) is 23.5 Å². The molecule has 0 fully saturated rings. The van der Waals surface area contributed by atoms with Gasteiger partial charge in [-0.2, -0.15) is 0 Å². The van der Waals surface area contributed by atoms with Crippen LogP contribution >= 0.6 is 0 Å². The molecule has 0 spiro atoms. The topological polar surface area (TPSA) is 399 Å². The zero-order valence-corrected chi connectivity index (χ0v) is 46.9. The number of ether oxygens (including phenoxy) is 1. The van der Waals surface area contributed by atoms with Crippen molar-refractivity contribution in [3.63, 3.8) is 0 Å². The SMILES string of the molecule is CCC(N)=O.CCCC[C@@H](C(N)=O)N(C(=O)CNC(=O)[C@H](C/C(=C/N)NN)NC(=O)CNC(=O)C(NC(=O)CNC(=O)[C@H](Cc1c[nH]c2ccccc12)NC(=O)CNC(=O)CCC(C)(C)OCC(C)(C)C)C(C)C)C(C)C. The Morgan fingerprint density at radius 1 is 0.740 bits per heavy atom. The van der Waals surface area contributed by atoms with Gasteiger partial charge < -0.3 is 74.5 Å². The van der Waals surface area contributed by atoms with Crippen molar-refractivity contribution < 1.29 is 52.7 Å². The van der Waals surface area contributed by atoms with Crippen LogP contribution in [0.5, 0.6) is 0 Å². The third-order valence-electron chi connectivity index (χ3n) is 11.7. The van der Waals surface area contributed by atoms with Gasteiger partial charge in [-0.25, -0.2) is 0 Å². The minimum absolute atomic E-state index is 0.0238. The number of aromatic amines is 1. The summed E-state index contributed by atoms with van der Waals surface area (Å²) in [5.41, 5.74) is 19.3. The number of nitrogens with one attached hydrogen (secondary N) is 9. The second-order valence-corrected chi connectivity index (χ2v) is 20.9. The van der Waals surface area contributed by atoms with Crippen LogP contribution in [0.4, 0.5) is 0 Å². The second-order valence-electron chi connectivity index (χ2n) is 20.9. The molecule has 0 aliphatic rings. The van der Waals surface area contributed by atoms with Crippen molar-refractivity contribution in [2.45, 2.75) is 163 Å². The molecule has 0 saturated carbocycles. The lowest BCUT2D eigenvalue weighted by atomic mass is 9.96. The number of H-pyrrole nitrogens is 1. The third kappa shape index (κ3) is 26.4. The number of benzene rings is 1. The lowest BCUT2D eigenvalue weighted by Gasteiger charge is -2.33. The van der Waals surface area contributed by atoms with E-state index in [1.165, 1.54) is 4.90 Å². The molecule has 0 bridgehead atoms. The summed E-state index contributed by atoms with van der Waals surface area (Å²) in [5.74, 6) is -1.35. The number of carbonyl (C=O) groups is 10. The van der Waals surface area contributed by atoms with E-state index in [0.29, 0.717) is 37.9 Å². The number of amides is 10. The van der Waals surface area contributed by atoms with Crippen molar-refractivity contribution in [1.29, 1.82) is 0 Å². The first-order chi connectivity index (χ1) is 36.0. The Kier molecular flexibility index (Phi) is 29.6. The number of fused-ring (bicyclic) bond motifs is 1. The van der Waals surface area contributed by atoms with E-state index in [1.807, 2.05) is 65.8 Å². The molecular formula is C52H88N14O11. The molecule has 25 nitrogen and oxygen atoms in total. The predicted molar refractivity (Wildman–Crippen MR) is 292 cm³/mol. The molecule has 17 N–H and O–H groups in total. The van der Waals surface area contributed by atoms with E-state index in [2.05, 4.69) is 53.4 Å². The van der Waals surface area contributed by atoms with Gasteiger partial charge in [0.2, 0.25) is 59.1 Å². The maximum atomic E-state index is 13.7. The maximum absolute atomic E-state index is 13.7. The monoisotopic (exact) mass is 1080 g/mol. The standard InChI is InChI=1S/C49H81N13O10.C3H7NO/c1-11-12-17-37(44(51)68)62(30(4)5)42(67)27-57-46(70)36(21-32(22-50)61-52)59-40(65)25-56-47(71)43(29(2)3)60-41(66)26-55-45(69)35(20-31-23-53-34-16-14-13-15-33(31)34)58-39(64)24-54-38(63)18-19-49(9,10)72-28-48(6,7)8;1-2-3(4)5/h13-16,22-23,29-30,35-37,43,53,61H,11-12,17-21,24-28,50,52H2,1-10H3,(H2,51,68)(H,54,63)(H,55,69)(H,56,71)(H,57,70)(H,58,64)(H,59,65)(H,60,66);2H2,1H3,(H2,4,5)/b32-22-;/t35-,36-,37-,43?;/m0./s1. The molecule has 0 radical (unpaired) electrons. The quantitative estimate of drug-likeness (QED) is 0.0331. The van der Waals surface area contributed by atoms with E-state index in [9.17, 15) is 47.9 Å². The summed E-state index contributed by atoms with van der Waals surface area (Å²) in [5, 5.41) is 18.6. The molecule has 1 aromatic heterocycles. The van der Waals surface area contributed by atoms with Gasteiger partial charge in [0.05, 0.1) is 38.4 Å². The van der Waals surface area contributed by atoms with Gasteiger partial charge >= 0.3 is 0 Å². The molecule has 432 valence electrons. The first-order valence-corrected chi connectivity index (χ1v) is 25.9. The fourth-order valence-corrected chi connectivity index (χ4v) is 7.33. The zero-order valence-electron chi connectivity index (χ0n) is 46.9. The molecule has 10 amide bonds. The van der Waals surface area contributed by atoms with Crippen molar-refractivity contribution >= 4 is 70.0 Å². The van der Waals surface area contributed by atoms with Gasteiger partial charge in [-0.3, -0.25) is 53.8 Å². The van der Waals surface area contributed by atoms with Crippen LogP contribution in [0, 0.1) is 11.3 Å². The van der Waals surface area contributed by atoms with Crippen LogP contribution < -0.4 is 65.7 Å². The summed E-state index contributed by atoms with van der Waals surface area (Å²) >= 11 is 0. The summed E-state index contributed by atoms with van der Waals surface area (Å²) < 4.78 is 6.00. The number of primary amides is 2. The molecule has 4 atom stereocenters. The number of hydrazine groups is 1. The second kappa shape index (κ2) is 33.7. The van der Waals surface area contributed by atoms with Crippen molar-refractivity contribution in [3.8, 4) is 0 Å². The third-order valence-corrected chi connectivity index (χ3v) is 11.7. The van der Waals surface area contributed by atoms with Crippen molar-refractivity contribution in [3.05, 3.63) is 47.9 Å². The molecule has 1 aromatic carbocycles.